The molecule has 1 heterocycles. The van der Waals surface area contributed by atoms with Crippen molar-refractivity contribution in [1.82, 2.24) is 0 Å². The standard InChI is InChI=1S/C24H17ClN2O5/c1-31-24(30)18-9-5-6-10-19(18)27-22(28)20(25)21(23(27)29)26-15-11-13-17(14-12-15)32-16-7-3-2-4-8-16/h2-14,26H,1H3. The van der Waals surface area contributed by atoms with Crippen LogP contribution in [0.4, 0.5) is 11.4 Å². The van der Waals surface area contributed by atoms with Gasteiger partial charge in [0.25, 0.3) is 11.8 Å². The van der Waals surface area contributed by atoms with Gasteiger partial charge in [-0.1, -0.05) is 41.9 Å². The molecule has 0 radical (unpaired) electrons. The zero-order valence-electron chi connectivity index (χ0n) is 16.9. The van der Waals surface area contributed by atoms with E-state index in [9.17, 15) is 14.4 Å². The molecular formula is C24H17ClN2O5. The van der Waals surface area contributed by atoms with Crippen LogP contribution >= 0.6 is 11.6 Å². The lowest BCUT2D eigenvalue weighted by molar-refractivity contribution is -0.120. The van der Waals surface area contributed by atoms with Crippen LogP contribution in [0.1, 0.15) is 10.4 Å². The van der Waals surface area contributed by atoms with Crippen LogP contribution in [0, 0.1) is 0 Å². The zero-order chi connectivity index (χ0) is 22.7. The molecule has 0 aromatic heterocycles. The van der Waals surface area contributed by atoms with Crippen molar-refractivity contribution in [3.63, 3.8) is 0 Å². The second-order valence-electron chi connectivity index (χ2n) is 6.71. The molecule has 0 unspecified atom stereocenters. The molecule has 7 nitrogen and oxygen atoms in total. The first-order valence-electron chi connectivity index (χ1n) is 9.55. The summed E-state index contributed by atoms with van der Waals surface area (Å²) in [5.41, 5.74) is 0.608. The molecular weight excluding hydrogens is 432 g/mol. The van der Waals surface area contributed by atoms with Gasteiger partial charge in [-0.2, -0.15) is 0 Å². The molecule has 0 saturated heterocycles. The average Bonchev–Trinajstić information content (AvgIpc) is 3.03. The van der Waals surface area contributed by atoms with Gasteiger partial charge in [-0.05, 0) is 48.5 Å². The van der Waals surface area contributed by atoms with Crippen molar-refractivity contribution in [3.8, 4) is 11.5 Å². The van der Waals surface area contributed by atoms with Crippen molar-refractivity contribution in [2.45, 2.75) is 0 Å². The number of nitrogens with zero attached hydrogens (tertiary/aromatic N) is 1. The van der Waals surface area contributed by atoms with Crippen LogP contribution < -0.4 is 15.0 Å². The van der Waals surface area contributed by atoms with E-state index in [1.54, 1.807) is 36.4 Å². The number of halogens is 1. The highest BCUT2D eigenvalue weighted by Crippen LogP contribution is 2.33. The van der Waals surface area contributed by atoms with Gasteiger partial charge in [-0.15, -0.1) is 0 Å². The highest BCUT2D eigenvalue weighted by Gasteiger charge is 2.40. The Balaban J connectivity index is 1.55. The summed E-state index contributed by atoms with van der Waals surface area (Å²) in [5.74, 6) is -0.798. The van der Waals surface area contributed by atoms with Gasteiger partial charge < -0.3 is 14.8 Å². The van der Waals surface area contributed by atoms with Crippen molar-refractivity contribution in [3.05, 3.63) is 95.2 Å². The second kappa shape index (κ2) is 8.95. The number of amides is 2. The Morgan fingerprint density at radius 1 is 0.844 bits per heavy atom. The number of para-hydroxylation sites is 2. The number of carbonyl (C=O) groups is 3. The first-order valence-corrected chi connectivity index (χ1v) is 9.93. The van der Waals surface area contributed by atoms with Crippen LogP contribution in [-0.4, -0.2) is 24.9 Å². The maximum absolute atomic E-state index is 13.0. The number of hydrogen-bond donors (Lipinski definition) is 1. The highest BCUT2D eigenvalue weighted by atomic mass is 35.5. The second-order valence-corrected chi connectivity index (χ2v) is 7.09. The van der Waals surface area contributed by atoms with Crippen LogP contribution in [0.15, 0.2) is 89.6 Å². The minimum absolute atomic E-state index is 0.0739. The summed E-state index contributed by atoms with van der Waals surface area (Å²) in [6.07, 6.45) is 0. The van der Waals surface area contributed by atoms with Gasteiger partial charge >= 0.3 is 5.97 Å². The predicted molar refractivity (Wildman–Crippen MR) is 120 cm³/mol. The Kier molecular flexibility index (Phi) is 5.91. The Morgan fingerprint density at radius 2 is 1.47 bits per heavy atom. The number of ether oxygens (including phenoxy) is 2. The number of esters is 1. The van der Waals surface area contributed by atoms with Crippen molar-refractivity contribution >= 4 is 40.8 Å². The van der Waals surface area contributed by atoms with E-state index in [-0.39, 0.29) is 22.0 Å². The quantitative estimate of drug-likeness (QED) is 0.434. The smallest absolute Gasteiger partial charge is 0.339 e. The molecule has 4 rings (SSSR count). The van der Waals surface area contributed by atoms with Gasteiger partial charge in [0.15, 0.2) is 0 Å². The minimum Gasteiger partial charge on any atom is -0.465 e. The SMILES string of the molecule is COC(=O)c1ccccc1N1C(=O)C(Cl)=C(Nc2ccc(Oc3ccccc3)cc2)C1=O. The Morgan fingerprint density at radius 3 is 2.16 bits per heavy atom. The normalized spacial score (nSPS) is 13.4. The van der Waals surface area contributed by atoms with E-state index >= 15 is 0 Å². The molecule has 1 aliphatic heterocycles. The lowest BCUT2D eigenvalue weighted by atomic mass is 10.1. The maximum Gasteiger partial charge on any atom is 0.339 e. The monoisotopic (exact) mass is 448 g/mol. The number of methoxy groups -OCH3 is 1. The number of anilines is 2. The lowest BCUT2D eigenvalue weighted by Crippen LogP contribution is -2.33. The fourth-order valence-corrected chi connectivity index (χ4v) is 3.37. The molecule has 0 fully saturated rings. The van der Waals surface area contributed by atoms with Gasteiger partial charge in [-0.3, -0.25) is 9.59 Å². The van der Waals surface area contributed by atoms with Crippen LogP contribution in [0.25, 0.3) is 0 Å². The third kappa shape index (κ3) is 4.06. The number of imide groups is 1. The Hall–Kier alpha value is -4.10. The molecule has 3 aromatic rings. The number of benzene rings is 3. The molecule has 0 bridgehead atoms. The fourth-order valence-electron chi connectivity index (χ4n) is 3.16. The molecule has 3 aromatic carbocycles. The molecule has 160 valence electrons. The Labute approximate surface area is 188 Å². The van der Waals surface area contributed by atoms with E-state index in [1.807, 2.05) is 30.3 Å². The van der Waals surface area contributed by atoms with E-state index in [1.165, 1.54) is 19.2 Å². The topological polar surface area (TPSA) is 84.9 Å². The van der Waals surface area contributed by atoms with Crippen molar-refractivity contribution in [2.75, 3.05) is 17.3 Å². The molecule has 0 spiro atoms. The Bertz CT molecular complexity index is 1220. The summed E-state index contributed by atoms with van der Waals surface area (Å²) in [6, 6.07) is 22.3. The average molecular weight is 449 g/mol. The van der Waals surface area contributed by atoms with Gasteiger partial charge in [0.05, 0.1) is 18.4 Å². The van der Waals surface area contributed by atoms with Crippen molar-refractivity contribution in [1.29, 1.82) is 0 Å². The predicted octanol–water partition coefficient (Wildman–Crippen LogP) is 4.70. The van der Waals surface area contributed by atoms with E-state index in [0.717, 1.165) is 4.90 Å². The number of carbonyl (C=O) groups excluding carboxylic acids is 3. The third-order valence-electron chi connectivity index (χ3n) is 4.68. The van der Waals surface area contributed by atoms with E-state index in [0.29, 0.717) is 17.2 Å². The van der Waals surface area contributed by atoms with Crippen molar-refractivity contribution < 1.29 is 23.9 Å². The van der Waals surface area contributed by atoms with Crippen molar-refractivity contribution in [2.24, 2.45) is 0 Å². The van der Waals surface area contributed by atoms with Gasteiger partial charge in [0.2, 0.25) is 0 Å². The summed E-state index contributed by atoms with van der Waals surface area (Å²) in [6.45, 7) is 0. The van der Waals surface area contributed by atoms with Crippen LogP contribution in [-0.2, 0) is 14.3 Å². The van der Waals surface area contributed by atoms with Gasteiger partial charge in [-0.25, -0.2) is 9.69 Å². The van der Waals surface area contributed by atoms with Crippen LogP contribution in [0.2, 0.25) is 0 Å². The molecule has 8 heteroatoms. The summed E-state index contributed by atoms with van der Waals surface area (Å²) in [7, 11) is 1.22. The molecule has 0 aliphatic carbocycles. The van der Waals surface area contributed by atoms with Crippen LogP contribution in [0.5, 0.6) is 11.5 Å². The molecule has 32 heavy (non-hydrogen) atoms. The lowest BCUT2D eigenvalue weighted by Gasteiger charge is -2.18. The van der Waals surface area contributed by atoms with Crippen LogP contribution in [0.3, 0.4) is 0 Å². The number of nitrogens with one attached hydrogen (secondary N) is 1. The van der Waals surface area contributed by atoms with Gasteiger partial charge in [0, 0.05) is 5.69 Å². The summed E-state index contributed by atoms with van der Waals surface area (Å²) in [4.78, 5) is 38.7. The minimum atomic E-state index is -0.737. The molecule has 0 atom stereocenters. The first kappa shape index (κ1) is 21.1. The first-order chi connectivity index (χ1) is 15.5. The third-order valence-corrected chi connectivity index (χ3v) is 5.03. The fraction of sp³-hybridized carbons (Fsp3) is 0.0417. The molecule has 1 aliphatic rings. The maximum atomic E-state index is 13.0. The number of hydrogen-bond acceptors (Lipinski definition) is 6. The van der Waals surface area contributed by atoms with E-state index < -0.39 is 17.8 Å². The summed E-state index contributed by atoms with van der Waals surface area (Å²) < 4.78 is 10.5. The largest absolute Gasteiger partial charge is 0.465 e. The summed E-state index contributed by atoms with van der Waals surface area (Å²) >= 11 is 6.19. The molecule has 1 N–H and O–H groups in total. The molecule has 0 saturated carbocycles. The molecule has 2 amide bonds. The highest BCUT2D eigenvalue weighted by molar-refractivity contribution is 6.53. The van der Waals surface area contributed by atoms with E-state index in [4.69, 9.17) is 21.1 Å². The number of rotatable bonds is 6. The van der Waals surface area contributed by atoms with E-state index in [2.05, 4.69) is 5.32 Å². The van der Waals surface area contributed by atoms with Gasteiger partial charge in [0.1, 0.15) is 22.2 Å². The zero-order valence-corrected chi connectivity index (χ0v) is 17.6. The summed E-state index contributed by atoms with van der Waals surface area (Å²) in [5, 5.41) is 2.61.